The van der Waals surface area contributed by atoms with E-state index in [1.165, 1.54) is 0 Å². The summed E-state index contributed by atoms with van der Waals surface area (Å²) in [5.74, 6) is 0.542. The van der Waals surface area contributed by atoms with Crippen LogP contribution in [0, 0.1) is 0 Å². The number of nitrogens with one attached hydrogen (secondary N) is 1. The highest BCUT2D eigenvalue weighted by Crippen LogP contribution is 2.16. The molecule has 0 aliphatic heterocycles. The van der Waals surface area contributed by atoms with Gasteiger partial charge in [0.05, 0.1) is 0 Å². The maximum absolute atomic E-state index is 11.7. The van der Waals surface area contributed by atoms with Gasteiger partial charge in [-0.15, -0.1) is 5.10 Å². The van der Waals surface area contributed by atoms with E-state index >= 15 is 0 Å². The second kappa shape index (κ2) is 4.73. The molecule has 0 atom stereocenters. The van der Waals surface area contributed by atoms with Crippen LogP contribution in [0.3, 0.4) is 0 Å². The first-order chi connectivity index (χ1) is 8.22. The minimum absolute atomic E-state index is 0.0931. The Morgan fingerprint density at radius 1 is 1.47 bits per heavy atom. The molecule has 6 heteroatoms. The number of tetrazole rings is 1. The van der Waals surface area contributed by atoms with Gasteiger partial charge in [-0.1, -0.05) is 12.1 Å². The zero-order valence-corrected chi connectivity index (χ0v) is 9.71. The SMILES string of the molecule is CCNC(=O)c1cccc(-c2nnnn2C)c1. The number of carbonyl (C=O) groups excluding carboxylic acids is 1. The van der Waals surface area contributed by atoms with Gasteiger partial charge in [0.2, 0.25) is 0 Å². The van der Waals surface area contributed by atoms with Crippen molar-refractivity contribution in [3.8, 4) is 11.4 Å². The monoisotopic (exact) mass is 231 g/mol. The van der Waals surface area contributed by atoms with Gasteiger partial charge in [-0.2, -0.15) is 0 Å². The Morgan fingerprint density at radius 2 is 2.29 bits per heavy atom. The van der Waals surface area contributed by atoms with Crippen LogP contribution < -0.4 is 5.32 Å². The van der Waals surface area contributed by atoms with Gasteiger partial charge in [0.25, 0.3) is 5.91 Å². The predicted molar refractivity (Wildman–Crippen MR) is 62.2 cm³/mol. The summed E-state index contributed by atoms with van der Waals surface area (Å²) in [5, 5.41) is 14.0. The molecule has 0 fully saturated rings. The number of carbonyl (C=O) groups is 1. The molecule has 2 rings (SSSR count). The second-order valence-electron chi connectivity index (χ2n) is 3.57. The fourth-order valence-electron chi connectivity index (χ4n) is 1.54. The highest BCUT2D eigenvalue weighted by Gasteiger charge is 2.09. The highest BCUT2D eigenvalue weighted by molar-refractivity contribution is 5.95. The van der Waals surface area contributed by atoms with E-state index in [0.717, 1.165) is 5.56 Å². The maximum Gasteiger partial charge on any atom is 0.251 e. The Labute approximate surface area is 98.6 Å². The molecule has 1 N–H and O–H groups in total. The van der Waals surface area contributed by atoms with Gasteiger partial charge in [-0.05, 0) is 29.5 Å². The van der Waals surface area contributed by atoms with E-state index in [1.807, 2.05) is 19.1 Å². The lowest BCUT2D eigenvalue weighted by Crippen LogP contribution is -2.22. The average Bonchev–Trinajstić information content (AvgIpc) is 2.76. The van der Waals surface area contributed by atoms with E-state index in [1.54, 1.807) is 23.9 Å². The highest BCUT2D eigenvalue weighted by atomic mass is 16.1. The lowest BCUT2D eigenvalue weighted by molar-refractivity contribution is 0.0956. The number of amides is 1. The molecule has 1 aromatic carbocycles. The summed E-state index contributed by atoms with van der Waals surface area (Å²) in [5.41, 5.74) is 1.42. The standard InChI is InChI=1S/C11H13N5O/c1-3-12-11(17)9-6-4-5-8(7-9)10-13-14-15-16(10)2/h4-7H,3H2,1-2H3,(H,12,17). The molecule has 0 bridgehead atoms. The lowest BCUT2D eigenvalue weighted by Gasteiger charge is -2.04. The molecule has 0 radical (unpaired) electrons. The van der Waals surface area contributed by atoms with Crippen molar-refractivity contribution in [1.29, 1.82) is 0 Å². The normalized spacial score (nSPS) is 10.2. The van der Waals surface area contributed by atoms with Crippen LogP contribution in [0.2, 0.25) is 0 Å². The summed E-state index contributed by atoms with van der Waals surface area (Å²) in [6, 6.07) is 7.22. The van der Waals surface area contributed by atoms with Gasteiger partial charge in [-0.3, -0.25) is 4.79 Å². The summed E-state index contributed by atoms with van der Waals surface area (Å²) < 4.78 is 1.57. The van der Waals surface area contributed by atoms with E-state index in [-0.39, 0.29) is 5.91 Å². The number of hydrogen-bond acceptors (Lipinski definition) is 4. The third-order valence-electron chi connectivity index (χ3n) is 2.34. The molecule has 0 spiro atoms. The molecule has 17 heavy (non-hydrogen) atoms. The molecule has 2 aromatic rings. The zero-order valence-electron chi connectivity index (χ0n) is 9.71. The molecule has 1 heterocycles. The number of aromatic nitrogens is 4. The Morgan fingerprint density at radius 3 is 2.94 bits per heavy atom. The van der Waals surface area contributed by atoms with Crippen LogP contribution in [-0.4, -0.2) is 32.7 Å². The first-order valence-corrected chi connectivity index (χ1v) is 5.33. The number of benzene rings is 1. The lowest BCUT2D eigenvalue weighted by atomic mass is 10.1. The predicted octanol–water partition coefficient (Wildman–Crippen LogP) is 0.627. The molecule has 0 aliphatic carbocycles. The molecule has 1 amide bonds. The average molecular weight is 231 g/mol. The molecule has 88 valence electrons. The van der Waals surface area contributed by atoms with Gasteiger partial charge < -0.3 is 5.32 Å². The first kappa shape index (κ1) is 11.3. The molecule has 0 saturated heterocycles. The topological polar surface area (TPSA) is 72.7 Å². The maximum atomic E-state index is 11.7. The van der Waals surface area contributed by atoms with Gasteiger partial charge in [0.15, 0.2) is 5.82 Å². The van der Waals surface area contributed by atoms with Crippen molar-refractivity contribution in [3.63, 3.8) is 0 Å². The van der Waals surface area contributed by atoms with Crippen LogP contribution in [-0.2, 0) is 7.05 Å². The zero-order chi connectivity index (χ0) is 12.3. The van der Waals surface area contributed by atoms with Crippen molar-refractivity contribution >= 4 is 5.91 Å². The Bertz CT molecular complexity index is 534. The van der Waals surface area contributed by atoms with Crippen LogP contribution in [0.1, 0.15) is 17.3 Å². The van der Waals surface area contributed by atoms with Gasteiger partial charge in [0, 0.05) is 24.7 Å². The van der Waals surface area contributed by atoms with Crippen molar-refractivity contribution < 1.29 is 4.79 Å². The third kappa shape index (κ3) is 2.30. The van der Waals surface area contributed by atoms with E-state index in [9.17, 15) is 4.79 Å². The summed E-state index contributed by atoms with van der Waals surface area (Å²) in [7, 11) is 1.76. The summed E-state index contributed by atoms with van der Waals surface area (Å²) in [4.78, 5) is 11.7. The Kier molecular flexibility index (Phi) is 3.13. The van der Waals surface area contributed by atoms with E-state index in [4.69, 9.17) is 0 Å². The van der Waals surface area contributed by atoms with E-state index < -0.39 is 0 Å². The number of aryl methyl sites for hydroxylation is 1. The van der Waals surface area contributed by atoms with Crippen molar-refractivity contribution in [2.24, 2.45) is 7.05 Å². The van der Waals surface area contributed by atoms with Crippen LogP contribution in [0.25, 0.3) is 11.4 Å². The summed E-state index contributed by atoms with van der Waals surface area (Å²) in [6.07, 6.45) is 0. The number of hydrogen-bond donors (Lipinski definition) is 1. The minimum atomic E-state index is -0.0931. The van der Waals surface area contributed by atoms with Crippen molar-refractivity contribution in [2.75, 3.05) is 6.54 Å². The fraction of sp³-hybridized carbons (Fsp3) is 0.273. The van der Waals surface area contributed by atoms with Gasteiger partial charge in [0.1, 0.15) is 0 Å². The largest absolute Gasteiger partial charge is 0.352 e. The molecular formula is C11H13N5O. The third-order valence-corrected chi connectivity index (χ3v) is 2.34. The molecule has 0 aliphatic rings. The van der Waals surface area contributed by atoms with E-state index in [2.05, 4.69) is 20.8 Å². The van der Waals surface area contributed by atoms with Crippen molar-refractivity contribution in [3.05, 3.63) is 29.8 Å². The second-order valence-corrected chi connectivity index (χ2v) is 3.57. The van der Waals surface area contributed by atoms with Crippen LogP contribution in [0.5, 0.6) is 0 Å². The molecule has 0 saturated carbocycles. The smallest absolute Gasteiger partial charge is 0.251 e. The molecule has 6 nitrogen and oxygen atoms in total. The summed E-state index contributed by atoms with van der Waals surface area (Å²) >= 11 is 0. The van der Waals surface area contributed by atoms with Crippen molar-refractivity contribution in [2.45, 2.75) is 6.92 Å². The van der Waals surface area contributed by atoms with Crippen molar-refractivity contribution in [1.82, 2.24) is 25.5 Å². The van der Waals surface area contributed by atoms with Crippen LogP contribution in [0.15, 0.2) is 24.3 Å². The van der Waals surface area contributed by atoms with E-state index in [0.29, 0.717) is 17.9 Å². The molecule has 0 unspecified atom stereocenters. The first-order valence-electron chi connectivity index (χ1n) is 5.33. The minimum Gasteiger partial charge on any atom is -0.352 e. The Hall–Kier alpha value is -2.24. The fourth-order valence-corrected chi connectivity index (χ4v) is 1.54. The van der Waals surface area contributed by atoms with Gasteiger partial charge >= 0.3 is 0 Å². The molecule has 1 aromatic heterocycles. The van der Waals surface area contributed by atoms with Crippen LogP contribution in [0.4, 0.5) is 0 Å². The van der Waals surface area contributed by atoms with Crippen LogP contribution >= 0.6 is 0 Å². The van der Waals surface area contributed by atoms with Gasteiger partial charge in [-0.25, -0.2) is 4.68 Å². The number of nitrogens with zero attached hydrogens (tertiary/aromatic N) is 4. The summed E-state index contributed by atoms with van der Waals surface area (Å²) in [6.45, 7) is 2.49. The number of rotatable bonds is 3. The molecular weight excluding hydrogens is 218 g/mol. The quantitative estimate of drug-likeness (QED) is 0.840. The Balaban J connectivity index is 2.35.